The Bertz CT molecular complexity index is 952. The molecule has 0 aromatic rings. The van der Waals surface area contributed by atoms with E-state index in [9.17, 15) is 44.4 Å². The van der Waals surface area contributed by atoms with Crippen molar-refractivity contribution < 1.29 is 54.2 Å². The molecule has 0 heterocycles. The number of hydrogen-bond donors (Lipinski definition) is 5. The standard InChI is InChI=1S/C29H46O11/c1-8-15(2)9-16(3)10-17(4)11-18(5)12-19(6)13-21(25(31)32)14-20(7)29(39)40-24(28(37)38)22(26(33)34)23(30)27(35)36/h12-13,15-18,20,22-24,30H,8-11,14H2,1-7H3,(H,31,32)(H,33,34)(H,35,36)(H,37,38). The van der Waals surface area contributed by atoms with Gasteiger partial charge in [-0.15, -0.1) is 0 Å². The fraction of sp³-hybridized carbons (Fsp3) is 0.690. The smallest absolute Gasteiger partial charge is 0.346 e. The highest BCUT2D eigenvalue weighted by atomic mass is 16.6. The van der Waals surface area contributed by atoms with Gasteiger partial charge in [-0.1, -0.05) is 59.6 Å². The number of hydrogen-bond acceptors (Lipinski definition) is 7. The number of carbonyl (C=O) groups is 5. The van der Waals surface area contributed by atoms with E-state index in [4.69, 9.17) is 9.84 Å². The lowest BCUT2D eigenvalue weighted by molar-refractivity contribution is -0.183. The van der Waals surface area contributed by atoms with Crippen LogP contribution in [0.15, 0.2) is 23.3 Å². The molecule has 0 aliphatic rings. The number of carbonyl (C=O) groups excluding carboxylic acids is 1. The van der Waals surface area contributed by atoms with Gasteiger partial charge in [0.2, 0.25) is 6.10 Å². The minimum Gasteiger partial charge on any atom is -0.481 e. The van der Waals surface area contributed by atoms with Crippen molar-refractivity contribution in [3.05, 3.63) is 23.3 Å². The Morgan fingerprint density at radius 2 is 1.30 bits per heavy atom. The minimum absolute atomic E-state index is 0.146. The van der Waals surface area contributed by atoms with E-state index in [0.29, 0.717) is 23.3 Å². The van der Waals surface area contributed by atoms with Gasteiger partial charge in [0.05, 0.1) is 5.92 Å². The summed E-state index contributed by atoms with van der Waals surface area (Å²) in [6, 6.07) is 0. The summed E-state index contributed by atoms with van der Waals surface area (Å²) in [5.74, 6) is -10.3. The van der Waals surface area contributed by atoms with Gasteiger partial charge in [-0.25, -0.2) is 14.4 Å². The first kappa shape index (κ1) is 36.8. The number of ether oxygens (including phenoxy) is 1. The zero-order chi connectivity index (χ0) is 31.3. The molecule has 0 bridgehead atoms. The highest BCUT2D eigenvalue weighted by Crippen LogP contribution is 2.26. The van der Waals surface area contributed by atoms with Crippen LogP contribution >= 0.6 is 0 Å². The SMILES string of the molecule is CCC(C)CC(C)CC(C)CC(C)C=C(C)C=C(CC(C)C(=O)OC(C(=O)O)C(C(=O)O)C(O)C(=O)O)C(=O)O. The third-order valence-corrected chi connectivity index (χ3v) is 6.92. The van der Waals surface area contributed by atoms with E-state index in [1.54, 1.807) is 6.92 Å². The van der Waals surface area contributed by atoms with Crippen LogP contribution in [0, 0.1) is 35.5 Å². The normalized spacial score (nSPS) is 18.4. The second kappa shape index (κ2) is 17.5. The van der Waals surface area contributed by atoms with Crippen LogP contribution in [0.5, 0.6) is 0 Å². The lowest BCUT2D eigenvalue weighted by Gasteiger charge is -2.24. The molecule has 0 aromatic carbocycles. The van der Waals surface area contributed by atoms with E-state index in [1.807, 2.05) is 13.0 Å². The summed E-state index contributed by atoms with van der Waals surface area (Å²) in [5, 5.41) is 46.8. The van der Waals surface area contributed by atoms with Crippen molar-refractivity contribution in [3.8, 4) is 0 Å². The van der Waals surface area contributed by atoms with Crippen LogP contribution in [0.4, 0.5) is 0 Å². The summed E-state index contributed by atoms with van der Waals surface area (Å²) in [4.78, 5) is 58.4. The molecule has 40 heavy (non-hydrogen) atoms. The van der Waals surface area contributed by atoms with Gasteiger partial charge in [-0.2, -0.15) is 0 Å². The zero-order valence-corrected chi connectivity index (χ0v) is 24.5. The van der Waals surface area contributed by atoms with Crippen LogP contribution in [-0.4, -0.2) is 67.6 Å². The maximum atomic E-state index is 12.6. The van der Waals surface area contributed by atoms with Gasteiger partial charge in [0.1, 0.15) is 5.92 Å². The third kappa shape index (κ3) is 13.2. The molecular weight excluding hydrogens is 524 g/mol. The molecule has 8 atom stereocenters. The fourth-order valence-electron chi connectivity index (χ4n) is 4.93. The molecule has 0 spiro atoms. The number of rotatable bonds is 19. The molecule has 0 aliphatic heterocycles. The van der Waals surface area contributed by atoms with E-state index in [0.717, 1.165) is 19.3 Å². The average molecular weight is 571 g/mol. The summed E-state index contributed by atoms with van der Waals surface area (Å²) in [6.45, 7) is 14.0. The molecule has 0 saturated heterocycles. The maximum absolute atomic E-state index is 12.6. The number of allylic oxidation sites excluding steroid dienone is 3. The first-order valence-electron chi connectivity index (χ1n) is 13.6. The molecule has 11 nitrogen and oxygen atoms in total. The molecule has 5 N–H and O–H groups in total. The largest absolute Gasteiger partial charge is 0.481 e. The van der Waals surface area contributed by atoms with Gasteiger partial charge in [0, 0.05) is 5.57 Å². The summed E-state index contributed by atoms with van der Waals surface area (Å²) in [7, 11) is 0. The van der Waals surface area contributed by atoms with Crippen LogP contribution < -0.4 is 0 Å². The first-order valence-corrected chi connectivity index (χ1v) is 13.6. The molecule has 0 fully saturated rings. The van der Waals surface area contributed by atoms with Gasteiger partial charge < -0.3 is 30.3 Å². The van der Waals surface area contributed by atoms with E-state index in [1.165, 1.54) is 19.4 Å². The van der Waals surface area contributed by atoms with Crippen molar-refractivity contribution in [1.29, 1.82) is 0 Å². The highest BCUT2D eigenvalue weighted by molar-refractivity contribution is 5.90. The molecule has 0 saturated carbocycles. The first-order chi connectivity index (χ1) is 18.4. The van der Waals surface area contributed by atoms with Gasteiger partial charge in [-0.3, -0.25) is 9.59 Å². The third-order valence-electron chi connectivity index (χ3n) is 6.92. The van der Waals surface area contributed by atoms with Crippen LogP contribution in [0.2, 0.25) is 0 Å². The van der Waals surface area contributed by atoms with Crippen LogP contribution in [0.25, 0.3) is 0 Å². The summed E-state index contributed by atoms with van der Waals surface area (Å²) >= 11 is 0. The Morgan fingerprint density at radius 3 is 1.75 bits per heavy atom. The summed E-state index contributed by atoms with van der Waals surface area (Å²) in [5.41, 5.74) is 0.525. The molecule has 8 unspecified atom stereocenters. The maximum Gasteiger partial charge on any atom is 0.346 e. The predicted octanol–water partition coefficient (Wildman–Crippen LogP) is 4.24. The van der Waals surface area contributed by atoms with Crippen molar-refractivity contribution in [2.75, 3.05) is 0 Å². The minimum atomic E-state index is -2.66. The molecule has 0 amide bonds. The van der Waals surface area contributed by atoms with Crippen molar-refractivity contribution in [2.24, 2.45) is 35.5 Å². The van der Waals surface area contributed by atoms with E-state index in [-0.39, 0.29) is 17.9 Å². The number of aliphatic hydroxyl groups is 1. The molecule has 0 aliphatic carbocycles. The Kier molecular flexibility index (Phi) is 16.1. The van der Waals surface area contributed by atoms with Gasteiger partial charge in [0.25, 0.3) is 0 Å². The van der Waals surface area contributed by atoms with E-state index < -0.39 is 53.9 Å². The topological polar surface area (TPSA) is 196 Å². The van der Waals surface area contributed by atoms with Gasteiger partial charge in [0.15, 0.2) is 6.10 Å². The van der Waals surface area contributed by atoms with Crippen molar-refractivity contribution in [2.45, 2.75) is 92.8 Å². The zero-order valence-electron chi connectivity index (χ0n) is 24.5. The molecule has 228 valence electrons. The second-order valence-electron chi connectivity index (χ2n) is 11.2. The average Bonchev–Trinajstić information content (AvgIpc) is 2.81. The van der Waals surface area contributed by atoms with Crippen LogP contribution in [0.3, 0.4) is 0 Å². The fourth-order valence-corrected chi connectivity index (χ4v) is 4.93. The van der Waals surface area contributed by atoms with Crippen LogP contribution in [0.1, 0.15) is 80.6 Å². The Balaban J connectivity index is 5.50. The van der Waals surface area contributed by atoms with Gasteiger partial charge >= 0.3 is 29.8 Å². The quantitative estimate of drug-likeness (QED) is 0.0846. The number of aliphatic carboxylic acids is 4. The van der Waals surface area contributed by atoms with Gasteiger partial charge in [-0.05, 0) is 62.4 Å². The van der Waals surface area contributed by atoms with E-state index in [2.05, 4.69) is 27.7 Å². The Morgan fingerprint density at radius 1 is 0.775 bits per heavy atom. The molecule has 0 rings (SSSR count). The lowest BCUT2D eigenvalue weighted by atomic mass is 9.84. The highest BCUT2D eigenvalue weighted by Gasteiger charge is 2.45. The molecule has 11 heteroatoms. The molecular formula is C29H46O11. The Hall–Kier alpha value is -3.21. The number of aliphatic hydroxyl groups excluding tert-OH is 1. The molecule has 0 aromatic heterocycles. The van der Waals surface area contributed by atoms with Crippen molar-refractivity contribution in [3.63, 3.8) is 0 Å². The second-order valence-corrected chi connectivity index (χ2v) is 11.2. The number of carboxylic acids is 4. The Labute approximate surface area is 235 Å². The van der Waals surface area contributed by atoms with Crippen LogP contribution in [-0.2, 0) is 28.7 Å². The number of carboxylic acid groups (broad SMARTS) is 4. The summed E-state index contributed by atoms with van der Waals surface area (Å²) in [6.07, 6.45) is 2.20. The summed E-state index contributed by atoms with van der Waals surface area (Å²) < 4.78 is 4.75. The van der Waals surface area contributed by atoms with Crippen molar-refractivity contribution >= 4 is 29.8 Å². The van der Waals surface area contributed by atoms with E-state index >= 15 is 0 Å². The lowest BCUT2D eigenvalue weighted by Crippen LogP contribution is -2.48. The van der Waals surface area contributed by atoms with Crippen molar-refractivity contribution in [1.82, 2.24) is 0 Å². The predicted molar refractivity (Wildman–Crippen MR) is 146 cm³/mol. The molecule has 0 radical (unpaired) electrons. The monoisotopic (exact) mass is 570 g/mol. The number of esters is 1.